The molecule has 1 heterocycles. The van der Waals surface area contributed by atoms with Gasteiger partial charge in [-0.2, -0.15) is 0 Å². The van der Waals surface area contributed by atoms with Gasteiger partial charge in [0.05, 0.1) is 0 Å². The molecule has 0 spiro atoms. The van der Waals surface area contributed by atoms with E-state index in [0.717, 1.165) is 24.9 Å². The summed E-state index contributed by atoms with van der Waals surface area (Å²) in [6.45, 7) is 0.985. The molecule has 0 aromatic heterocycles. The highest BCUT2D eigenvalue weighted by Crippen LogP contribution is 2.31. The van der Waals surface area contributed by atoms with E-state index < -0.39 is 6.43 Å². The van der Waals surface area contributed by atoms with E-state index >= 15 is 0 Å². The van der Waals surface area contributed by atoms with E-state index in [1.165, 1.54) is 6.07 Å². The van der Waals surface area contributed by atoms with Crippen molar-refractivity contribution in [1.82, 2.24) is 5.32 Å². The normalized spacial score (nSPS) is 21.2. The van der Waals surface area contributed by atoms with Crippen LogP contribution in [-0.2, 0) is 0 Å². The molecule has 82 valence electrons. The van der Waals surface area contributed by atoms with Gasteiger partial charge in [0.25, 0.3) is 6.43 Å². The molecule has 0 saturated carbocycles. The van der Waals surface area contributed by atoms with E-state index in [1.807, 2.05) is 0 Å². The summed E-state index contributed by atoms with van der Waals surface area (Å²) < 4.78 is 24.9. The van der Waals surface area contributed by atoms with Crippen LogP contribution < -0.4 is 5.32 Å². The van der Waals surface area contributed by atoms with Crippen LogP contribution in [0.4, 0.5) is 8.78 Å². The second kappa shape index (κ2) is 4.45. The average molecular weight is 232 g/mol. The van der Waals surface area contributed by atoms with Crippen molar-refractivity contribution < 1.29 is 8.78 Å². The molecule has 2 rings (SSSR count). The second-order valence-corrected chi connectivity index (χ2v) is 4.14. The molecule has 1 atom stereocenters. The Hall–Kier alpha value is -0.670. The van der Waals surface area contributed by atoms with E-state index in [2.05, 4.69) is 5.32 Å². The summed E-state index contributed by atoms with van der Waals surface area (Å²) in [6, 6.07) is 5.07. The predicted molar refractivity (Wildman–Crippen MR) is 56.4 cm³/mol. The molecular weight excluding hydrogens is 220 g/mol. The molecule has 0 amide bonds. The smallest absolute Gasteiger partial charge is 0.265 e. The van der Waals surface area contributed by atoms with Crippen molar-refractivity contribution in [3.8, 4) is 0 Å². The number of nitrogens with one attached hydrogen (secondary N) is 1. The number of benzene rings is 1. The van der Waals surface area contributed by atoms with Crippen LogP contribution >= 0.6 is 11.6 Å². The molecule has 1 aromatic rings. The number of hydrogen-bond acceptors (Lipinski definition) is 1. The summed E-state index contributed by atoms with van der Waals surface area (Å²) in [5, 5.41) is 3.47. The standard InChI is InChI=1S/C11H12ClF2N/c12-9-6-7(10-2-1-5-15-10)3-4-8(9)11(13)14/h3-4,6,10-11,15H,1-2,5H2/t10-/m1/s1. The predicted octanol–water partition coefficient (Wildman–Crippen LogP) is 3.70. The van der Waals surface area contributed by atoms with Gasteiger partial charge in [0.15, 0.2) is 0 Å². The van der Waals surface area contributed by atoms with Gasteiger partial charge >= 0.3 is 0 Å². The summed E-state index contributed by atoms with van der Waals surface area (Å²) in [5.41, 5.74) is 0.917. The molecule has 1 aromatic carbocycles. The van der Waals surface area contributed by atoms with Crippen LogP contribution in [0.5, 0.6) is 0 Å². The lowest BCUT2D eigenvalue weighted by Crippen LogP contribution is -2.12. The molecule has 0 radical (unpaired) electrons. The maximum absolute atomic E-state index is 12.4. The molecule has 1 aliphatic heterocycles. The molecule has 1 N–H and O–H groups in total. The minimum atomic E-state index is -2.50. The van der Waals surface area contributed by atoms with Crippen LogP contribution in [0.2, 0.25) is 5.02 Å². The van der Waals surface area contributed by atoms with Crippen molar-refractivity contribution in [2.75, 3.05) is 6.54 Å². The zero-order chi connectivity index (χ0) is 10.8. The lowest BCUT2D eigenvalue weighted by Gasteiger charge is -2.12. The van der Waals surface area contributed by atoms with Crippen LogP contribution in [0.3, 0.4) is 0 Å². The van der Waals surface area contributed by atoms with E-state index in [4.69, 9.17) is 11.6 Å². The van der Waals surface area contributed by atoms with Gasteiger partial charge in [0, 0.05) is 16.6 Å². The summed E-state index contributed by atoms with van der Waals surface area (Å²) in [4.78, 5) is 0. The zero-order valence-electron chi connectivity index (χ0n) is 8.14. The quantitative estimate of drug-likeness (QED) is 0.818. The van der Waals surface area contributed by atoms with Gasteiger partial charge < -0.3 is 5.32 Å². The summed E-state index contributed by atoms with van der Waals surface area (Å²) in [7, 11) is 0. The van der Waals surface area contributed by atoms with Crippen molar-refractivity contribution in [2.24, 2.45) is 0 Å². The Bertz CT molecular complexity index is 348. The third-order valence-electron chi connectivity index (χ3n) is 2.72. The Kier molecular flexibility index (Phi) is 3.22. The van der Waals surface area contributed by atoms with Gasteiger partial charge in [-0.15, -0.1) is 0 Å². The Labute approximate surface area is 92.4 Å². The van der Waals surface area contributed by atoms with E-state index in [0.29, 0.717) is 0 Å². The lowest BCUT2D eigenvalue weighted by atomic mass is 10.0. The molecule has 1 nitrogen and oxygen atoms in total. The Balaban J connectivity index is 2.24. The second-order valence-electron chi connectivity index (χ2n) is 3.73. The minimum absolute atomic E-state index is 0.0848. The summed E-state index contributed by atoms with van der Waals surface area (Å²) in [6.07, 6.45) is -0.327. The van der Waals surface area contributed by atoms with Crippen LogP contribution in [0.1, 0.15) is 36.4 Å². The molecule has 1 aliphatic rings. The van der Waals surface area contributed by atoms with Crippen molar-refractivity contribution in [3.05, 3.63) is 34.3 Å². The van der Waals surface area contributed by atoms with E-state index in [9.17, 15) is 8.78 Å². The van der Waals surface area contributed by atoms with Crippen LogP contribution in [0.15, 0.2) is 18.2 Å². The molecule has 15 heavy (non-hydrogen) atoms. The molecule has 1 saturated heterocycles. The average Bonchev–Trinajstić information content (AvgIpc) is 2.69. The highest BCUT2D eigenvalue weighted by Gasteiger charge is 2.18. The van der Waals surface area contributed by atoms with E-state index in [1.54, 1.807) is 12.1 Å². The SMILES string of the molecule is FC(F)c1ccc([C@H]2CCCN2)cc1Cl. The first-order chi connectivity index (χ1) is 7.18. The molecule has 0 bridgehead atoms. The van der Waals surface area contributed by atoms with Gasteiger partial charge in [0.1, 0.15) is 0 Å². The van der Waals surface area contributed by atoms with Crippen molar-refractivity contribution in [3.63, 3.8) is 0 Å². The first-order valence-corrected chi connectivity index (χ1v) is 5.37. The number of alkyl halides is 2. The summed E-state index contributed by atoms with van der Waals surface area (Å²) in [5.74, 6) is 0. The number of rotatable bonds is 2. The maximum atomic E-state index is 12.4. The fraction of sp³-hybridized carbons (Fsp3) is 0.455. The van der Waals surface area contributed by atoms with Crippen molar-refractivity contribution in [2.45, 2.75) is 25.3 Å². The van der Waals surface area contributed by atoms with E-state index in [-0.39, 0.29) is 16.6 Å². The van der Waals surface area contributed by atoms with Crippen molar-refractivity contribution >= 4 is 11.6 Å². The fourth-order valence-corrected chi connectivity index (χ4v) is 2.18. The van der Waals surface area contributed by atoms with Gasteiger partial charge in [-0.25, -0.2) is 8.78 Å². The topological polar surface area (TPSA) is 12.0 Å². The highest BCUT2D eigenvalue weighted by molar-refractivity contribution is 6.31. The Morgan fingerprint density at radius 1 is 1.40 bits per heavy atom. The lowest BCUT2D eigenvalue weighted by molar-refractivity contribution is 0.151. The maximum Gasteiger partial charge on any atom is 0.265 e. The van der Waals surface area contributed by atoms with Gasteiger partial charge in [-0.3, -0.25) is 0 Å². The van der Waals surface area contributed by atoms with Gasteiger partial charge in [0.2, 0.25) is 0 Å². The first-order valence-electron chi connectivity index (χ1n) is 4.99. The molecule has 4 heteroatoms. The Morgan fingerprint density at radius 2 is 2.20 bits per heavy atom. The zero-order valence-corrected chi connectivity index (χ0v) is 8.90. The first kappa shape index (κ1) is 10.8. The third kappa shape index (κ3) is 2.29. The van der Waals surface area contributed by atoms with Gasteiger partial charge in [-0.1, -0.05) is 23.7 Å². The molecule has 1 fully saturated rings. The largest absolute Gasteiger partial charge is 0.310 e. The molecule has 0 unspecified atom stereocenters. The molecule has 0 aliphatic carbocycles. The fourth-order valence-electron chi connectivity index (χ4n) is 1.91. The van der Waals surface area contributed by atoms with Gasteiger partial charge in [-0.05, 0) is 31.0 Å². The molecular formula is C11H12ClF2N. The van der Waals surface area contributed by atoms with Crippen LogP contribution in [0, 0.1) is 0 Å². The van der Waals surface area contributed by atoms with Crippen LogP contribution in [0.25, 0.3) is 0 Å². The Morgan fingerprint density at radius 3 is 2.73 bits per heavy atom. The minimum Gasteiger partial charge on any atom is -0.310 e. The third-order valence-corrected chi connectivity index (χ3v) is 3.05. The summed E-state index contributed by atoms with van der Waals surface area (Å²) >= 11 is 5.80. The van der Waals surface area contributed by atoms with Crippen LogP contribution in [-0.4, -0.2) is 6.54 Å². The highest BCUT2D eigenvalue weighted by atomic mass is 35.5. The number of hydrogen-bond donors (Lipinski definition) is 1. The monoisotopic (exact) mass is 231 g/mol. The number of halogens is 3. The van der Waals surface area contributed by atoms with Crippen molar-refractivity contribution in [1.29, 1.82) is 0 Å².